The van der Waals surface area contributed by atoms with Crippen LogP contribution in [0.3, 0.4) is 0 Å². The molecule has 0 radical (unpaired) electrons. The molecule has 1 aromatic carbocycles. The molecule has 3 nitrogen and oxygen atoms in total. The maximum absolute atomic E-state index is 13.8. The molecule has 20 heavy (non-hydrogen) atoms. The van der Waals surface area contributed by atoms with Gasteiger partial charge in [0.1, 0.15) is 5.82 Å². The third-order valence-electron chi connectivity index (χ3n) is 3.39. The van der Waals surface area contributed by atoms with Gasteiger partial charge in [0, 0.05) is 30.0 Å². The molecular formula is C15H20FN3S. The van der Waals surface area contributed by atoms with Crippen LogP contribution in [0.2, 0.25) is 0 Å². The van der Waals surface area contributed by atoms with Crippen LogP contribution in [0.5, 0.6) is 0 Å². The predicted molar refractivity (Wildman–Crippen MR) is 81.2 cm³/mol. The fourth-order valence-electron chi connectivity index (χ4n) is 2.10. The number of aromatic nitrogens is 1. The van der Waals surface area contributed by atoms with E-state index in [0.717, 1.165) is 17.1 Å². The Kier molecular flexibility index (Phi) is 5.23. The number of rotatable bonds is 6. The van der Waals surface area contributed by atoms with Gasteiger partial charge in [-0.05, 0) is 26.6 Å². The van der Waals surface area contributed by atoms with Gasteiger partial charge in [-0.3, -0.25) is 4.90 Å². The van der Waals surface area contributed by atoms with Crippen LogP contribution >= 0.6 is 11.3 Å². The summed E-state index contributed by atoms with van der Waals surface area (Å²) in [6, 6.07) is 6.92. The van der Waals surface area contributed by atoms with E-state index in [-0.39, 0.29) is 11.9 Å². The first-order chi connectivity index (χ1) is 9.61. The summed E-state index contributed by atoms with van der Waals surface area (Å²) in [5.74, 6) is -0.158. The molecule has 0 saturated carbocycles. The summed E-state index contributed by atoms with van der Waals surface area (Å²) in [4.78, 5) is 6.64. The van der Waals surface area contributed by atoms with E-state index in [1.807, 2.05) is 26.1 Å². The highest BCUT2D eigenvalue weighted by Gasteiger charge is 2.16. The van der Waals surface area contributed by atoms with Crippen molar-refractivity contribution in [1.82, 2.24) is 9.88 Å². The maximum atomic E-state index is 13.8. The number of benzene rings is 1. The highest BCUT2D eigenvalue weighted by atomic mass is 32.1. The van der Waals surface area contributed by atoms with Crippen LogP contribution in [-0.2, 0) is 13.0 Å². The lowest BCUT2D eigenvalue weighted by Gasteiger charge is -2.24. The van der Waals surface area contributed by atoms with Crippen LogP contribution in [0.25, 0.3) is 0 Å². The molecule has 1 atom stereocenters. The molecule has 2 N–H and O–H groups in total. The Morgan fingerprint density at radius 1 is 1.40 bits per heavy atom. The Morgan fingerprint density at radius 2 is 2.15 bits per heavy atom. The quantitative estimate of drug-likeness (QED) is 0.890. The molecule has 0 spiro atoms. The minimum Gasteiger partial charge on any atom is -0.330 e. The lowest BCUT2D eigenvalue weighted by molar-refractivity contribution is 0.245. The van der Waals surface area contributed by atoms with Gasteiger partial charge in [-0.1, -0.05) is 18.2 Å². The van der Waals surface area contributed by atoms with Crippen LogP contribution in [0.4, 0.5) is 4.39 Å². The number of thiazole rings is 1. The second kappa shape index (κ2) is 6.92. The highest BCUT2D eigenvalue weighted by molar-refractivity contribution is 7.09. The van der Waals surface area contributed by atoms with Crippen molar-refractivity contribution >= 4 is 11.3 Å². The summed E-state index contributed by atoms with van der Waals surface area (Å²) in [6.45, 7) is 3.33. The molecule has 1 aromatic heterocycles. The minimum atomic E-state index is -0.158. The Balaban J connectivity index is 2.03. The molecule has 0 saturated heterocycles. The van der Waals surface area contributed by atoms with Crippen molar-refractivity contribution in [2.75, 3.05) is 13.6 Å². The van der Waals surface area contributed by atoms with Crippen LogP contribution in [0.1, 0.15) is 29.2 Å². The van der Waals surface area contributed by atoms with Crippen LogP contribution in [-0.4, -0.2) is 23.5 Å². The first kappa shape index (κ1) is 15.1. The molecule has 1 heterocycles. The van der Waals surface area contributed by atoms with E-state index in [2.05, 4.69) is 15.3 Å². The predicted octanol–water partition coefficient (Wildman–Crippen LogP) is 2.98. The monoisotopic (exact) mass is 293 g/mol. The fourth-order valence-corrected chi connectivity index (χ4v) is 2.91. The third kappa shape index (κ3) is 3.62. The van der Waals surface area contributed by atoms with Crippen molar-refractivity contribution in [3.8, 4) is 0 Å². The van der Waals surface area contributed by atoms with E-state index in [1.165, 1.54) is 6.07 Å². The lowest BCUT2D eigenvalue weighted by Crippen LogP contribution is -2.23. The zero-order valence-electron chi connectivity index (χ0n) is 11.8. The lowest BCUT2D eigenvalue weighted by atomic mass is 10.1. The number of nitrogens with zero attached hydrogens (tertiary/aromatic N) is 2. The van der Waals surface area contributed by atoms with Gasteiger partial charge in [0.25, 0.3) is 0 Å². The molecule has 0 aliphatic heterocycles. The summed E-state index contributed by atoms with van der Waals surface area (Å²) in [5.41, 5.74) is 7.26. The number of nitrogens with two attached hydrogens (primary N) is 1. The zero-order chi connectivity index (χ0) is 14.5. The second-order valence-corrected chi connectivity index (χ2v) is 5.83. The third-order valence-corrected chi connectivity index (χ3v) is 4.34. The van der Waals surface area contributed by atoms with Crippen molar-refractivity contribution in [2.24, 2.45) is 5.73 Å². The van der Waals surface area contributed by atoms with E-state index in [4.69, 9.17) is 5.73 Å². The van der Waals surface area contributed by atoms with Gasteiger partial charge in [0.15, 0.2) is 0 Å². The van der Waals surface area contributed by atoms with Crippen LogP contribution in [0, 0.1) is 5.82 Å². The number of hydrogen-bond acceptors (Lipinski definition) is 4. The Bertz CT molecular complexity index is 556. The minimum absolute atomic E-state index is 0.0101. The summed E-state index contributed by atoms with van der Waals surface area (Å²) in [6.07, 6.45) is 0.817. The van der Waals surface area contributed by atoms with E-state index < -0.39 is 0 Å². The van der Waals surface area contributed by atoms with Crippen molar-refractivity contribution in [3.63, 3.8) is 0 Å². The van der Waals surface area contributed by atoms with Crippen molar-refractivity contribution in [1.29, 1.82) is 0 Å². The number of halogens is 1. The first-order valence-corrected chi connectivity index (χ1v) is 7.57. The molecule has 2 rings (SSSR count). The molecule has 0 aliphatic carbocycles. The summed E-state index contributed by atoms with van der Waals surface area (Å²) in [7, 11) is 1.99. The van der Waals surface area contributed by atoms with Gasteiger partial charge < -0.3 is 5.73 Å². The molecule has 0 amide bonds. The van der Waals surface area contributed by atoms with Crippen molar-refractivity contribution in [3.05, 3.63) is 51.7 Å². The molecule has 108 valence electrons. The summed E-state index contributed by atoms with van der Waals surface area (Å²) < 4.78 is 13.8. The molecular weight excluding hydrogens is 273 g/mol. The maximum Gasteiger partial charge on any atom is 0.127 e. The zero-order valence-corrected chi connectivity index (χ0v) is 12.7. The fraction of sp³-hybridized carbons (Fsp3) is 0.400. The van der Waals surface area contributed by atoms with Crippen LogP contribution < -0.4 is 5.73 Å². The van der Waals surface area contributed by atoms with E-state index >= 15 is 0 Å². The Hall–Kier alpha value is -1.30. The summed E-state index contributed by atoms with van der Waals surface area (Å²) >= 11 is 1.63. The Morgan fingerprint density at radius 3 is 2.85 bits per heavy atom. The SMILES string of the molecule is CC(c1ccccc1F)N(C)Cc1csc(CCN)n1. The normalized spacial score (nSPS) is 12.8. The molecule has 0 bridgehead atoms. The van der Waals surface area contributed by atoms with Gasteiger partial charge >= 0.3 is 0 Å². The topological polar surface area (TPSA) is 42.1 Å². The van der Waals surface area contributed by atoms with E-state index in [9.17, 15) is 4.39 Å². The van der Waals surface area contributed by atoms with Gasteiger partial charge in [-0.2, -0.15) is 0 Å². The second-order valence-electron chi connectivity index (χ2n) is 4.88. The molecule has 0 aliphatic rings. The number of hydrogen-bond donors (Lipinski definition) is 1. The molecule has 1 unspecified atom stereocenters. The molecule has 0 fully saturated rings. The van der Waals surface area contributed by atoms with Gasteiger partial charge in [0.2, 0.25) is 0 Å². The highest BCUT2D eigenvalue weighted by Crippen LogP contribution is 2.23. The van der Waals surface area contributed by atoms with E-state index in [1.54, 1.807) is 17.4 Å². The van der Waals surface area contributed by atoms with Gasteiger partial charge in [-0.15, -0.1) is 11.3 Å². The average molecular weight is 293 g/mol. The standard InChI is InChI=1S/C15H20FN3S/c1-11(13-5-3-4-6-14(13)16)19(2)9-12-10-20-15(18-12)7-8-17/h3-6,10-11H,7-9,17H2,1-2H3. The van der Waals surface area contributed by atoms with Crippen LogP contribution in [0.15, 0.2) is 29.6 Å². The molecule has 5 heteroatoms. The van der Waals surface area contributed by atoms with Crippen molar-refractivity contribution in [2.45, 2.75) is 25.9 Å². The van der Waals surface area contributed by atoms with Crippen molar-refractivity contribution < 1.29 is 4.39 Å². The smallest absolute Gasteiger partial charge is 0.127 e. The Labute approximate surface area is 123 Å². The van der Waals surface area contributed by atoms with E-state index in [0.29, 0.717) is 18.7 Å². The first-order valence-electron chi connectivity index (χ1n) is 6.70. The summed E-state index contributed by atoms with van der Waals surface area (Å²) in [5, 5.41) is 3.12. The van der Waals surface area contributed by atoms with Gasteiger partial charge in [0.05, 0.1) is 10.7 Å². The average Bonchev–Trinajstić information content (AvgIpc) is 2.86. The van der Waals surface area contributed by atoms with Gasteiger partial charge in [-0.25, -0.2) is 9.37 Å². The molecule has 2 aromatic rings. The largest absolute Gasteiger partial charge is 0.330 e.